The fourth-order valence-electron chi connectivity index (χ4n) is 5.70. The molecule has 6 rings (SSSR count). The van der Waals surface area contributed by atoms with Crippen LogP contribution in [0, 0.1) is 0 Å². The van der Waals surface area contributed by atoms with Crippen LogP contribution >= 0.6 is 0 Å². The van der Waals surface area contributed by atoms with Crippen LogP contribution in [0.1, 0.15) is 36.1 Å². The molecule has 0 saturated carbocycles. The van der Waals surface area contributed by atoms with Gasteiger partial charge < -0.3 is 4.74 Å². The smallest absolute Gasteiger partial charge is 0.416 e. The van der Waals surface area contributed by atoms with Crippen LogP contribution < -0.4 is 4.90 Å². The summed E-state index contributed by atoms with van der Waals surface area (Å²) in [6, 6.07) is 13.5. The van der Waals surface area contributed by atoms with Crippen LogP contribution in [-0.4, -0.2) is 52.2 Å². The van der Waals surface area contributed by atoms with Gasteiger partial charge in [-0.3, -0.25) is 14.5 Å². The Kier molecular flexibility index (Phi) is 7.29. The second-order valence-electron chi connectivity index (χ2n) is 10.0. The minimum absolute atomic E-state index is 0.250. The lowest BCUT2D eigenvalue weighted by molar-refractivity contribution is -0.191. The Hall–Kier alpha value is -3.95. The number of aryl methyl sites for hydroxylation is 1. The van der Waals surface area contributed by atoms with Crippen molar-refractivity contribution in [3.05, 3.63) is 71.5 Å². The molecule has 1 amide bonds. The monoisotopic (exact) mass is 540 g/mol. The number of hydrogen-bond donors (Lipinski definition) is 0. The van der Waals surface area contributed by atoms with Crippen LogP contribution in [0.15, 0.2) is 54.7 Å². The van der Waals surface area contributed by atoms with E-state index >= 15 is 0 Å². The third kappa shape index (κ3) is 5.46. The Morgan fingerprint density at radius 3 is 2.41 bits per heavy atom. The van der Waals surface area contributed by atoms with Crippen LogP contribution in [0.3, 0.4) is 0 Å². The number of aromatic nitrogens is 2. The summed E-state index contributed by atoms with van der Waals surface area (Å²) >= 11 is 0. The van der Waals surface area contributed by atoms with Crippen LogP contribution in [0.5, 0.6) is 0 Å². The summed E-state index contributed by atoms with van der Waals surface area (Å²) in [4.78, 5) is 32.7. The highest BCUT2D eigenvalue weighted by Crippen LogP contribution is 2.39. The summed E-state index contributed by atoms with van der Waals surface area (Å²) in [7, 11) is 0. The predicted octanol–water partition coefficient (Wildman–Crippen LogP) is 4.92. The Bertz CT molecular complexity index is 1380. The van der Waals surface area contributed by atoms with Gasteiger partial charge in [-0.05, 0) is 48.2 Å². The molecule has 11 heteroatoms. The number of alkyl halides is 3. The molecular weight excluding hydrogens is 513 g/mol. The number of halogens is 3. The number of likely N-dealkylation sites (tertiary alicyclic amines) is 1. The average molecular weight is 541 g/mol. The Morgan fingerprint density at radius 1 is 1.00 bits per heavy atom. The molecule has 2 fully saturated rings. The molecule has 3 aliphatic rings. The van der Waals surface area contributed by atoms with E-state index in [1.165, 1.54) is 12.1 Å². The van der Waals surface area contributed by atoms with Crippen molar-refractivity contribution in [1.29, 1.82) is 0 Å². The van der Waals surface area contributed by atoms with Crippen LogP contribution in [0.4, 0.5) is 23.7 Å². The molecule has 1 spiro atoms. The van der Waals surface area contributed by atoms with Crippen LogP contribution in [0.25, 0.3) is 11.1 Å². The lowest BCUT2D eigenvalue weighted by atomic mass is 9.90. The number of anilines is 1. The molecule has 8 nitrogen and oxygen atoms in total. The minimum Gasteiger partial charge on any atom is -0.441 e. The second kappa shape index (κ2) is 10.7. The van der Waals surface area contributed by atoms with Crippen molar-refractivity contribution < 1.29 is 32.3 Å². The summed E-state index contributed by atoms with van der Waals surface area (Å²) in [5.41, 5.74) is 3.09. The first-order chi connectivity index (χ1) is 18.7. The average Bonchev–Trinajstić information content (AvgIpc) is 3.61. The molecule has 3 aromatic rings. The van der Waals surface area contributed by atoms with E-state index in [9.17, 15) is 18.0 Å². The molecule has 39 heavy (non-hydrogen) atoms. The Morgan fingerprint density at radius 2 is 1.72 bits per heavy atom. The summed E-state index contributed by atoms with van der Waals surface area (Å²) in [6.45, 7) is 3.00. The van der Waals surface area contributed by atoms with Crippen molar-refractivity contribution in [2.45, 2.75) is 50.6 Å². The molecule has 0 unspecified atom stereocenters. The number of rotatable bonds is 4. The molecule has 2 aromatic carbocycles. The Balaban J connectivity index is 0.000000983. The zero-order valence-corrected chi connectivity index (χ0v) is 21.1. The van der Waals surface area contributed by atoms with E-state index in [1.54, 1.807) is 17.2 Å². The third-order valence-electron chi connectivity index (χ3n) is 7.65. The molecule has 204 valence electrons. The quantitative estimate of drug-likeness (QED) is 0.467. The van der Waals surface area contributed by atoms with Gasteiger partial charge in [-0.1, -0.05) is 24.3 Å². The van der Waals surface area contributed by atoms with E-state index < -0.39 is 17.3 Å². The lowest BCUT2D eigenvalue weighted by Crippen LogP contribution is -2.46. The van der Waals surface area contributed by atoms with E-state index in [2.05, 4.69) is 10.00 Å². The number of carbonyl (C=O) groups excluding carboxylic acids is 3. The van der Waals surface area contributed by atoms with Crippen molar-refractivity contribution in [3.8, 4) is 11.1 Å². The first kappa shape index (κ1) is 26.6. The van der Waals surface area contributed by atoms with Gasteiger partial charge in [0.2, 0.25) is 0 Å². The zero-order chi connectivity index (χ0) is 27.6. The molecule has 0 radical (unpaired) electrons. The highest BCUT2D eigenvalue weighted by molar-refractivity contribution is 5.90. The maximum absolute atomic E-state index is 13.6. The first-order valence-electron chi connectivity index (χ1n) is 12.8. The number of benzene rings is 2. The minimum atomic E-state index is -4.40. The molecule has 0 N–H and O–H groups in total. The highest BCUT2D eigenvalue weighted by atomic mass is 19.4. The number of fused-ring (bicyclic) bond motifs is 1. The predicted molar refractivity (Wildman–Crippen MR) is 134 cm³/mol. The summed E-state index contributed by atoms with van der Waals surface area (Å²) in [5.74, 6) is 0. The molecule has 4 heterocycles. The van der Waals surface area contributed by atoms with E-state index in [4.69, 9.17) is 14.3 Å². The summed E-state index contributed by atoms with van der Waals surface area (Å²) < 4.78 is 48.5. The highest BCUT2D eigenvalue weighted by Gasteiger charge is 2.47. The van der Waals surface area contributed by atoms with Crippen molar-refractivity contribution in [2.75, 3.05) is 24.5 Å². The first-order valence-corrected chi connectivity index (χ1v) is 12.8. The molecule has 1 aromatic heterocycles. The number of hydrogen-bond acceptors (Lipinski definition) is 6. The number of piperidine rings is 1. The van der Waals surface area contributed by atoms with Crippen molar-refractivity contribution >= 4 is 17.9 Å². The summed E-state index contributed by atoms with van der Waals surface area (Å²) in [5, 5.41) is 4.45. The second-order valence-corrected chi connectivity index (χ2v) is 10.0. The van der Waals surface area contributed by atoms with Gasteiger partial charge in [-0.15, -0.1) is 0 Å². The fraction of sp³-hybridized carbons (Fsp3) is 0.393. The van der Waals surface area contributed by atoms with Crippen molar-refractivity contribution in [2.24, 2.45) is 0 Å². The number of nitrogens with zero attached hydrogens (tertiary/aromatic N) is 4. The number of amides is 1. The van der Waals surface area contributed by atoms with Crippen molar-refractivity contribution in [1.82, 2.24) is 14.7 Å². The van der Waals surface area contributed by atoms with Gasteiger partial charge in [0.25, 0.3) is 0 Å². The van der Waals surface area contributed by atoms with E-state index in [0.717, 1.165) is 41.9 Å². The fourth-order valence-corrected chi connectivity index (χ4v) is 5.70. The molecule has 0 atom stereocenters. The van der Waals surface area contributed by atoms with E-state index in [0.29, 0.717) is 44.6 Å². The van der Waals surface area contributed by atoms with E-state index in [-0.39, 0.29) is 12.2 Å². The summed E-state index contributed by atoms with van der Waals surface area (Å²) in [6.07, 6.45) is 0.440. The SMILES string of the molecule is O=C1OC2(CCN(Cc3cc(C(F)(F)F)ccc3-c3cnn4c3CCC4)CC2)CN1c1ccccc1.O=C=O. The van der Waals surface area contributed by atoms with Gasteiger partial charge in [0, 0.05) is 56.0 Å². The largest absolute Gasteiger partial charge is 0.441 e. The molecule has 3 aliphatic heterocycles. The van der Waals surface area contributed by atoms with E-state index in [1.807, 2.05) is 35.0 Å². The number of ether oxygens (including phenoxy) is 1. The third-order valence-corrected chi connectivity index (χ3v) is 7.65. The lowest BCUT2D eigenvalue weighted by Gasteiger charge is -2.37. The molecule has 2 saturated heterocycles. The normalized spacial score (nSPS) is 18.3. The van der Waals surface area contributed by atoms with Crippen molar-refractivity contribution in [3.63, 3.8) is 0 Å². The van der Waals surface area contributed by atoms with Crippen LogP contribution in [0.2, 0.25) is 0 Å². The van der Waals surface area contributed by atoms with Gasteiger partial charge in [-0.2, -0.15) is 27.9 Å². The number of carbonyl (C=O) groups is 1. The van der Waals surface area contributed by atoms with Gasteiger partial charge in [0.05, 0.1) is 18.3 Å². The zero-order valence-electron chi connectivity index (χ0n) is 21.1. The van der Waals surface area contributed by atoms with Crippen LogP contribution in [-0.2, 0) is 40.0 Å². The van der Waals surface area contributed by atoms with Gasteiger partial charge in [0.15, 0.2) is 0 Å². The van der Waals surface area contributed by atoms with Gasteiger partial charge in [-0.25, -0.2) is 4.79 Å². The maximum Gasteiger partial charge on any atom is 0.416 e. The topological polar surface area (TPSA) is 84.7 Å². The van der Waals surface area contributed by atoms with Gasteiger partial charge >= 0.3 is 18.4 Å². The Labute approximate surface area is 222 Å². The van der Waals surface area contributed by atoms with Gasteiger partial charge in [0.1, 0.15) is 5.60 Å². The molecule has 0 bridgehead atoms. The standard InChI is InChI=1S/C27H27F3N4O2.CO2/c28-27(29,30)20-8-9-22(23-16-31-34-12-4-7-24(23)34)19(15-20)17-32-13-10-26(11-14-32)18-33(25(35)36-26)21-5-2-1-3-6-21;2-1-3/h1-3,5-6,8-9,15-16H,4,7,10-14,17-18H2;. The molecular formula is C28H27F3N4O4. The maximum atomic E-state index is 13.6. The number of para-hydroxylation sites is 1. The molecule has 0 aliphatic carbocycles.